The van der Waals surface area contributed by atoms with Crippen LogP contribution in [-0.2, 0) is 4.79 Å². The molecule has 0 radical (unpaired) electrons. The van der Waals surface area contributed by atoms with Gasteiger partial charge in [-0.3, -0.25) is 14.9 Å². The minimum absolute atomic E-state index is 0.346. The topological polar surface area (TPSA) is 81.5 Å². The lowest BCUT2D eigenvalue weighted by molar-refractivity contribution is -0.387. The molecule has 0 heterocycles. The third-order valence-electron chi connectivity index (χ3n) is 3.19. The van der Waals surface area contributed by atoms with Gasteiger partial charge >= 0.3 is 5.69 Å². The van der Waals surface area contributed by atoms with Crippen LogP contribution in [0.4, 0.5) is 20.2 Å². The average molecular weight is 336 g/mol. The molecule has 0 aliphatic heterocycles. The first-order valence-corrected chi connectivity index (χ1v) is 6.95. The van der Waals surface area contributed by atoms with E-state index < -0.39 is 39.9 Å². The lowest BCUT2D eigenvalue weighted by atomic mass is 10.2. The molecule has 2 rings (SSSR count). The quantitative estimate of drug-likeness (QED) is 0.668. The summed E-state index contributed by atoms with van der Waals surface area (Å²) in [6.07, 6.45) is -0.990. The van der Waals surface area contributed by atoms with Crippen LogP contribution in [-0.4, -0.2) is 16.9 Å². The van der Waals surface area contributed by atoms with Gasteiger partial charge in [0.15, 0.2) is 6.10 Å². The number of nitro groups is 1. The Hall–Kier alpha value is -3.03. The molecule has 2 aromatic rings. The third kappa shape index (κ3) is 4.03. The van der Waals surface area contributed by atoms with Gasteiger partial charge in [0.1, 0.15) is 11.6 Å². The number of hydrogen-bond donors (Lipinski definition) is 1. The largest absolute Gasteiger partial charge is 0.481 e. The van der Waals surface area contributed by atoms with Gasteiger partial charge in [-0.25, -0.2) is 4.39 Å². The number of benzene rings is 2. The zero-order valence-corrected chi connectivity index (χ0v) is 12.9. The third-order valence-corrected chi connectivity index (χ3v) is 3.19. The molecule has 0 aromatic heterocycles. The van der Waals surface area contributed by atoms with Crippen LogP contribution < -0.4 is 10.1 Å². The molecule has 0 aliphatic rings. The van der Waals surface area contributed by atoms with Crippen molar-refractivity contribution in [3.63, 3.8) is 0 Å². The predicted molar refractivity (Wildman–Crippen MR) is 82.9 cm³/mol. The second kappa shape index (κ2) is 7.03. The number of nitrogens with zero attached hydrogens (tertiary/aromatic N) is 1. The van der Waals surface area contributed by atoms with Crippen molar-refractivity contribution in [2.75, 3.05) is 5.32 Å². The van der Waals surface area contributed by atoms with Crippen molar-refractivity contribution in [3.8, 4) is 5.75 Å². The maximum atomic E-state index is 13.7. The molecule has 0 spiro atoms. The van der Waals surface area contributed by atoms with Crippen LogP contribution in [0, 0.1) is 28.7 Å². The Morgan fingerprint density at radius 1 is 1.21 bits per heavy atom. The van der Waals surface area contributed by atoms with Crippen LogP contribution in [0.2, 0.25) is 0 Å². The zero-order chi connectivity index (χ0) is 17.9. The Bertz CT molecular complexity index is 778. The van der Waals surface area contributed by atoms with Gasteiger partial charge in [-0.2, -0.15) is 4.39 Å². The highest BCUT2D eigenvalue weighted by molar-refractivity contribution is 5.94. The molecule has 1 amide bonds. The van der Waals surface area contributed by atoms with Crippen LogP contribution in [0.25, 0.3) is 0 Å². The predicted octanol–water partition coefficient (Wildman–Crippen LogP) is 3.59. The Balaban J connectivity index is 2.12. The Morgan fingerprint density at radius 2 is 1.83 bits per heavy atom. The monoisotopic (exact) mass is 336 g/mol. The first-order chi connectivity index (χ1) is 11.3. The van der Waals surface area contributed by atoms with Gasteiger partial charge in [-0.05, 0) is 26.0 Å². The van der Waals surface area contributed by atoms with Crippen molar-refractivity contribution in [1.82, 2.24) is 0 Å². The van der Waals surface area contributed by atoms with Gasteiger partial charge in [0.25, 0.3) is 5.91 Å². The number of aryl methyl sites for hydroxylation is 1. The van der Waals surface area contributed by atoms with Crippen LogP contribution >= 0.6 is 0 Å². The number of ether oxygens (including phenoxy) is 1. The summed E-state index contributed by atoms with van der Waals surface area (Å²) in [6, 6.07) is 7.90. The minimum Gasteiger partial charge on any atom is -0.481 e. The van der Waals surface area contributed by atoms with Gasteiger partial charge in [0, 0.05) is 12.1 Å². The maximum Gasteiger partial charge on any atom is 0.307 e. The molecular formula is C16H14F2N2O4. The average Bonchev–Trinajstić information content (AvgIpc) is 2.51. The molecule has 1 N–H and O–H groups in total. The smallest absolute Gasteiger partial charge is 0.307 e. The summed E-state index contributed by atoms with van der Waals surface area (Å²) in [5.41, 5.74) is -0.411. The molecule has 0 bridgehead atoms. The van der Waals surface area contributed by atoms with Crippen LogP contribution in [0.3, 0.4) is 0 Å². The zero-order valence-electron chi connectivity index (χ0n) is 12.9. The van der Waals surface area contributed by atoms with Crippen LogP contribution in [0.1, 0.15) is 12.5 Å². The van der Waals surface area contributed by atoms with Crippen LogP contribution in [0.5, 0.6) is 5.75 Å². The summed E-state index contributed by atoms with van der Waals surface area (Å²) in [6.45, 7) is 3.33. The number of carbonyl (C=O) groups is 1. The molecule has 2 aromatic carbocycles. The fourth-order valence-electron chi connectivity index (χ4n) is 1.88. The number of amides is 1. The first-order valence-electron chi connectivity index (χ1n) is 6.95. The minimum atomic E-state index is -1.32. The maximum absolute atomic E-state index is 13.7. The van der Waals surface area contributed by atoms with E-state index in [1.54, 1.807) is 24.3 Å². The highest BCUT2D eigenvalue weighted by atomic mass is 19.1. The number of rotatable bonds is 5. The molecule has 24 heavy (non-hydrogen) atoms. The van der Waals surface area contributed by atoms with Gasteiger partial charge in [0.2, 0.25) is 5.82 Å². The Labute approximate surface area is 136 Å². The molecule has 126 valence electrons. The molecule has 6 nitrogen and oxygen atoms in total. The molecule has 0 aliphatic carbocycles. The number of carbonyl (C=O) groups excluding carboxylic acids is 1. The van der Waals surface area contributed by atoms with Gasteiger partial charge < -0.3 is 10.1 Å². The fraction of sp³-hybridized carbons (Fsp3) is 0.188. The van der Waals surface area contributed by atoms with E-state index in [1.807, 2.05) is 6.92 Å². The fourth-order valence-corrected chi connectivity index (χ4v) is 1.88. The van der Waals surface area contributed by atoms with Gasteiger partial charge in [-0.1, -0.05) is 17.7 Å². The van der Waals surface area contributed by atoms with E-state index in [0.29, 0.717) is 17.9 Å². The lowest BCUT2D eigenvalue weighted by Gasteiger charge is -2.15. The molecule has 1 atom stereocenters. The highest BCUT2D eigenvalue weighted by Gasteiger charge is 2.22. The van der Waals surface area contributed by atoms with Crippen molar-refractivity contribution in [3.05, 3.63) is 63.7 Å². The summed E-state index contributed by atoms with van der Waals surface area (Å²) in [7, 11) is 0. The highest BCUT2D eigenvalue weighted by Crippen LogP contribution is 2.25. The summed E-state index contributed by atoms with van der Waals surface area (Å²) in [5, 5.41) is 12.8. The lowest BCUT2D eigenvalue weighted by Crippen LogP contribution is -2.30. The first kappa shape index (κ1) is 17.3. The van der Waals surface area contributed by atoms with Gasteiger partial charge in [0.05, 0.1) is 10.6 Å². The van der Waals surface area contributed by atoms with Crippen molar-refractivity contribution in [2.24, 2.45) is 0 Å². The Morgan fingerprint density at radius 3 is 2.42 bits per heavy atom. The molecule has 0 saturated carbocycles. The normalized spacial score (nSPS) is 11.7. The number of nitro benzene ring substituents is 1. The molecule has 0 saturated heterocycles. The second-order valence-electron chi connectivity index (χ2n) is 5.10. The summed E-state index contributed by atoms with van der Waals surface area (Å²) in [4.78, 5) is 21.7. The molecule has 0 fully saturated rings. The standard InChI is InChI=1S/C16H14F2N2O4/c1-9-3-5-11(6-4-9)24-10(2)16(21)19-14-8-15(20(22)23)13(18)7-12(14)17/h3-8,10H,1-2H3,(H,19,21)/t10-/m1/s1. The van der Waals surface area contributed by atoms with E-state index in [9.17, 15) is 23.7 Å². The van der Waals surface area contributed by atoms with Crippen molar-refractivity contribution in [1.29, 1.82) is 0 Å². The number of hydrogen-bond acceptors (Lipinski definition) is 4. The van der Waals surface area contributed by atoms with Crippen molar-refractivity contribution >= 4 is 17.3 Å². The summed E-state index contributed by atoms with van der Waals surface area (Å²) < 4.78 is 32.4. The Kier molecular flexibility index (Phi) is 5.08. The molecular weight excluding hydrogens is 322 g/mol. The number of halogens is 2. The van der Waals surface area contributed by atoms with E-state index in [-0.39, 0.29) is 0 Å². The second-order valence-corrected chi connectivity index (χ2v) is 5.10. The SMILES string of the molecule is Cc1ccc(O[C@H](C)C(=O)Nc2cc([N+](=O)[O-])c(F)cc2F)cc1. The van der Waals surface area contributed by atoms with Gasteiger partial charge in [-0.15, -0.1) is 0 Å². The van der Waals surface area contributed by atoms with Crippen molar-refractivity contribution in [2.45, 2.75) is 20.0 Å². The molecule has 0 unspecified atom stereocenters. The van der Waals surface area contributed by atoms with E-state index in [0.717, 1.165) is 5.56 Å². The van der Waals surface area contributed by atoms with Crippen molar-refractivity contribution < 1.29 is 23.2 Å². The summed E-state index contributed by atoms with van der Waals surface area (Å²) >= 11 is 0. The summed E-state index contributed by atoms with van der Waals surface area (Å²) in [5.74, 6) is -2.72. The van der Waals surface area contributed by atoms with Crippen LogP contribution in [0.15, 0.2) is 36.4 Å². The number of nitrogens with one attached hydrogen (secondary N) is 1. The van der Waals surface area contributed by atoms with E-state index in [1.165, 1.54) is 6.92 Å². The molecule has 8 heteroatoms. The number of anilines is 1. The van der Waals surface area contributed by atoms with E-state index >= 15 is 0 Å². The van der Waals surface area contributed by atoms with E-state index in [4.69, 9.17) is 4.74 Å². The van der Waals surface area contributed by atoms with E-state index in [2.05, 4.69) is 5.32 Å².